The second-order valence-electron chi connectivity index (χ2n) is 3.53. The lowest BCUT2D eigenvalue weighted by Gasteiger charge is -2.25. The molecule has 0 aromatic carbocycles. The average molecular weight is 170 g/mol. The van der Waals surface area contributed by atoms with E-state index in [-0.39, 0.29) is 12.1 Å². The van der Waals surface area contributed by atoms with Crippen molar-refractivity contribution < 1.29 is 4.74 Å². The van der Waals surface area contributed by atoms with E-state index in [1.807, 2.05) is 6.92 Å². The van der Waals surface area contributed by atoms with Gasteiger partial charge in [0.05, 0.1) is 12.1 Å². The van der Waals surface area contributed by atoms with E-state index in [0.29, 0.717) is 5.92 Å². The third-order valence-electron chi connectivity index (χ3n) is 2.40. The van der Waals surface area contributed by atoms with Gasteiger partial charge in [-0.2, -0.15) is 0 Å². The van der Waals surface area contributed by atoms with Crippen LogP contribution in [0, 0.1) is 5.92 Å². The van der Waals surface area contributed by atoms with E-state index in [1.54, 1.807) is 7.11 Å². The van der Waals surface area contributed by atoms with Crippen molar-refractivity contribution in [3.8, 4) is 0 Å². The summed E-state index contributed by atoms with van der Waals surface area (Å²) in [5.41, 5.74) is 3.79. The Morgan fingerprint density at radius 2 is 2.25 bits per heavy atom. The van der Waals surface area contributed by atoms with Gasteiger partial charge in [-0.15, -0.1) is 0 Å². The summed E-state index contributed by atoms with van der Waals surface area (Å²) in [6.07, 6.45) is 2.71. The van der Waals surface area contributed by atoms with E-state index in [2.05, 4.69) is 12.0 Å². The van der Waals surface area contributed by atoms with Crippen LogP contribution in [0.15, 0.2) is 12.2 Å². The normalized spacial score (nSPS) is 21.9. The van der Waals surface area contributed by atoms with Crippen molar-refractivity contribution in [1.82, 2.24) is 5.43 Å². The van der Waals surface area contributed by atoms with E-state index < -0.39 is 0 Å². The van der Waals surface area contributed by atoms with Crippen LogP contribution < -0.4 is 11.3 Å². The predicted molar refractivity (Wildman–Crippen MR) is 49.4 cm³/mol. The topological polar surface area (TPSA) is 47.3 Å². The summed E-state index contributed by atoms with van der Waals surface area (Å²) in [6, 6.07) is 0.0995. The van der Waals surface area contributed by atoms with Crippen molar-refractivity contribution in [1.29, 1.82) is 0 Å². The summed E-state index contributed by atoms with van der Waals surface area (Å²) in [4.78, 5) is 0. The standard InChI is InChI=1S/C9H18N2O/c1-6(2)8(11-10)9(12-3)7-4-5-7/h7-9,11H,1,4-5,10H2,2-3H3. The van der Waals surface area contributed by atoms with Crippen LogP contribution in [0.2, 0.25) is 0 Å². The molecule has 0 amide bonds. The molecule has 1 fully saturated rings. The number of ether oxygens (including phenoxy) is 1. The molecule has 3 nitrogen and oxygen atoms in total. The molecule has 0 aromatic rings. The van der Waals surface area contributed by atoms with Crippen LogP contribution in [0.5, 0.6) is 0 Å². The summed E-state index contributed by atoms with van der Waals surface area (Å²) in [7, 11) is 1.73. The van der Waals surface area contributed by atoms with Gasteiger partial charge in [-0.05, 0) is 25.7 Å². The van der Waals surface area contributed by atoms with Crippen molar-refractivity contribution in [2.45, 2.75) is 31.9 Å². The van der Waals surface area contributed by atoms with Crippen LogP contribution in [0.25, 0.3) is 0 Å². The number of rotatable bonds is 5. The Hall–Kier alpha value is -0.380. The molecule has 0 saturated heterocycles. The molecule has 1 saturated carbocycles. The van der Waals surface area contributed by atoms with Gasteiger partial charge in [-0.25, -0.2) is 0 Å². The lowest BCUT2D eigenvalue weighted by molar-refractivity contribution is 0.0615. The molecule has 3 heteroatoms. The van der Waals surface area contributed by atoms with E-state index >= 15 is 0 Å². The molecule has 70 valence electrons. The van der Waals surface area contributed by atoms with Gasteiger partial charge in [0.1, 0.15) is 0 Å². The van der Waals surface area contributed by atoms with Crippen LogP contribution in [-0.2, 0) is 4.74 Å². The Kier molecular flexibility index (Phi) is 3.26. The molecule has 2 unspecified atom stereocenters. The van der Waals surface area contributed by atoms with E-state index in [1.165, 1.54) is 12.8 Å². The minimum atomic E-state index is 0.0995. The monoisotopic (exact) mass is 170 g/mol. The van der Waals surface area contributed by atoms with E-state index in [0.717, 1.165) is 5.57 Å². The molecular weight excluding hydrogens is 152 g/mol. The van der Waals surface area contributed by atoms with Crippen molar-refractivity contribution >= 4 is 0 Å². The Bertz CT molecular complexity index is 166. The molecule has 1 rings (SSSR count). The molecule has 0 aromatic heterocycles. The minimum absolute atomic E-state index is 0.0995. The quantitative estimate of drug-likeness (QED) is 0.365. The van der Waals surface area contributed by atoms with Gasteiger partial charge in [0.2, 0.25) is 0 Å². The summed E-state index contributed by atoms with van der Waals surface area (Å²) in [6.45, 7) is 5.85. The number of hydrazine groups is 1. The largest absolute Gasteiger partial charge is 0.379 e. The molecule has 0 aliphatic heterocycles. The maximum absolute atomic E-state index is 5.42. The lowest BCUT2D eigenvalue weighted by atomic mass is 10.0. The number of nitrogens with two attached hydrogens (primary N) is 1. The Labute approximate surface area is 73.9 Å². The van der Waals surface area contributed by atoms with Crippen molar-refractivity contribution in [3.63, 3.8) is 0 Å². The summed E-state index contributed by atoms with van der Waals surface area (Å²) in [5.74, 6) is 6.10. The highest BCUT2D eigenvalue weighted by molar-refractivity contribution is 5.07. The Morgan fingerprint density at radius 1 is 1.67 bits per heavy atom. The van der Waals surface area contributed by atoms with Crippen molar-refractivity contribution in [3.05, 3.63) is 12.2 Å². The van der Waals surface area contributed by atoms with Gasteiger partial charge in [0.25, 0.3) is 0 Å². The third kappa shape index (κ3) is 2.06. The second kappa shape index (κ2) is 4.03. The van der Waals surface area contributed by atoms with Gasteiger partial charge in [-0.1, -0.05) is 12.2 Å². The highest BCUT2D eigenvalue weighted by Gasteiger charge is 2.36. The molecule has 0 bridgehead atoms. The van der Waals surface area contributed by atoms with Gasteiger partial charge in [0, 0.05) is 7.11 Å². The van der Waals surface area contributed by atoms with Crippen LogP contribution in [-0.4, -0.2) is 19.3 Å². The van der Waals surface area contributed by atoms with Crippen molar-refractivity contribution in [2.75, 3.05) is 7.11 Å². The average Bonchev–Trinajstić information content (AvgIpc) is 2.81. The number of hydrogen-bond donors (Lipinski definition) is 2. The van der Waals surface area contributed by atoms with Crippen LogP contribution in [0.4, 0.5) is 0 Å². The predicted octanol–water partition coefficient (Wildman–Crippen LogP) is 0.819. The fourth-order valence-electron chi connectivity index (χ4n) is 1.54. The minimum Gasteiger partial charge on any atom is -0.379 e. The molecule has 0 heterocycles. The van der Waals surface area contributed by atoms with Gasteiger partial charge in [-0.3, -0.25) is 11.3 Å². The third-order valence-corrected chi connectivity index (χ3v) is 2.40. The van der Waals surface area contributed by atoms with Crippen LogP contribution >= 0.6 is 0 Å². The Balaban J connectivity index is 2.53. The lowest BCUT2D eigenvalue weighted by Crippen LogP contribution is -2.46. The SMILES string of the molecule is C=C(C)C(NN)C(OC)C1CC1. The first-order valence-corrected chi connectivity index (χ1v) is 4.35. The molecule has 2 atom stereocenters. The Morgan fingerprint density at radius 3 is 2.50 bits per heavy atom. The first-order chi connectivity index (χ1) is 5.70. The van der Waals surface area contributed by atoms with E-state index in [4.69, 9.17) is 10.6 Å². The number of methoxy groups -OCH3 is 1. The van der Waals surface area contributed by atoms with Crippen LogP contribution in [0.1, 0.15) is 19.8 Å². The zero-order chi connectivity index (χ0) is 9.14. The first kappa shape index (κ1) is 9.71. The summed E-state index contributed by atoms with van der Waals surface area (Å²) in [5, 5.41) is 0. The van der Waals surface area contributed by atoms with Gasteiger partial charge >= 0.3 is 0 Å². The molecule has 3 N–H and O–H groups in total. The van der Waals surface area contributed by atoms with Gasteiger partial charge < -0.3 is 4.74 Å². The molecule has 12 heavy (non-hydrogen) atoms. The fraction of sp³-hybridized carbons (Fsp3) is 0.778. The number of hydrogen-bond acceptors (Lipinski definition) is 3. The molecule has 0 spiro atoms. The van der Waals surface area contributed by atoms with Gasteiger partial charge in [0.15, 0.2) is 0 Å². The smallest absolute Gasteiger partial charge is 0.0803 e. The molecule has 1 aliphatic carbocycles. The molecular formula is C9H18N2O. The summed E-state index contributed by atoms with van der Waals surface area (Å²) >= 11 is 0. The zero-order valence-electron chi connectivity index (χ0n) is 7.84. The highest BCUT2D eigenvalue weighted by atomic mass is 16.5. The maximum Gasteiger partial charge on any atom is 0.0803 e. The van der Waals surface area contributed by atoms with E-state index in [9.17, 15) is 0 Å². The molecule has 0 radical (unpaired) electrons. The van der Waals surface area contributed by atoms with Crippen LogP contribution in [0.3, 0.4) is 0 Å². The number of nitrogens with one attached hydrogen (secondary N) is 1. The fourth-order valence-corrected chi connectivity index (χ4v) is 1.54. The first-order valence-electron chi connectivity index (χ1n) is 4.35. The summed E-state index contributed by atoms with van der Waals surface area (Å²) < 4.78 is 5.39. The second-order valence-corrected chi connectivity index (χ2v) is 3.53. The maximum atomic E-state index is 5.42. The highest BCUT2D eigenvalue weighted by Crippen LogP contribution is 2.36. The molecule has 1 aliphatic rings. The zero-order valence-corrected chi connectivity index (χ0v) is 7.84. The van der Waals surface area contributed by atoms with Crippen molar-refractivity contribution in [2.24, 2.45) is 11.8 Å².